The van der Waals surface area contributed by atoms with Crippen LogP contribution in [-0.4, -0.2) is 28.4 Å². The Morgan fingerprint density at radius 1 is 1.21 bits per heavy atom. The van der Waals surface area contributed by atoms with Crippen molar-refractivity contribution in [2.75, 3.05) is 11.9 Å². The van der Waals surface area contributed by atoms with Crippen LogP contribution in [0.1, 0.15) is 23.0 Å². The molecule has 1 amide bonds. The fourth-order valence-corrected chi connectivity index (χ4v) is 3.28. The van der Waals surface area contributed by atoms with E-state index < -0.39 is 23.4 Å². The maximum absolute atomic E-state index is 12.1. The van der Waals surface area contributed by atoms with Crippen LogP contribution in [0.2, 0.25) is 0 Å². The van der Waals surface area contributed by atoms with Gasteiger partial charge in [-0.05, 0) is 18.1 Å². The highest BCUT2D eigenvalue weighted by Gasteiger charge is 2.15. The molecule has 2 aromatic carbocycles. The van der Waals surface area contributed by atoms with Gasteiger partial charge >= 0.3 is 5.97 Å². The number of anilines is 1. The summed E-state index contributed by atoms with van der Waals surface area (Å²) in [6, 6.07) is 13.4. The highest BCUT2D eigenvalue weighted by molar-refractivity contribution is 7.13. The topological polar surface area (TPSA) is 111 Å². The van der Waals surface area contributed by atoms with E-state index in [9.17, 15) is 19.7 Å². The van der Waals surface area contributed by atoms with Crippen LogP contribution in [0.4, 0.5) is 11.4 Å². The molecule has 9 heteroatoms. The summed E-state index contributed by atoms with van der Waals surface area (Å²) in [5.74, 6) is -1.32. The number of rotatable bonds is 7. The van der Waals surface area contributed by atoms with E-state index in [2.05, 4.69) is 17.2 Å². The standard InChI is InChI=1S/C20H17N3O5S/c1-2-13-6-8-14(9-7-13)19-22-17(12-29-19)20(25)28-11-18(24)21-15-4-3-5-16(10-15)23(26)27/h3-10,12H,2,11H2,1H3,(H,21,24). The average Bonchev–Trinajstić information content (AvgIpc) is 3.22. The number of carbonyl (C=O) groups is 2. The first-order valence-corrected chi connectivity index (χ1v) is 9.60. The number of amides is 1. The van der Waals surface area contributed by atoms with Crippen LogP contribution >= 0.6 is 11.3 Å². The summed E-state index contributed by atoms with van der Waals surface area (Å²) in [5.41, 5.74) is 2.32. The van der Waals surface area contributed by atoms with Gasteiger partial charge in [0.25, 0.3) is 11.6 Å². The van der Waals surface area contributed by atoms with Crippen LogP contribution in [0.25, 0.3) is 10.6 Å². The molecule has 0 saturated heterocycles. The third-order valence-corrected chi connectivity index (χ3v) is 4.89. The number of nitrogens with zero attached hydrogens (tertiary/aromatic N) is 2. The molecule has 0 saturated carbocycles. The normalized spacial score (nSPS) is 10.4. The second kappa shape index (κ2) is 9.07. The number of aromatic nitrogens is 1. The van der Waals surface area contributed by atoms with Crippen LogP contribution in [0.3, 0.4) is 0 Å². The van der Waals surface area contributed by atoms with Gasteiger partial charge in [0.15, 0.2) is 12.3 Å². The molecule has 0 spiro atoms. The number of nitro groups is 1. The molecule has 1 N–H and O–H groups in total. The fraction of sp³-hybridized carbons (Fsp3) is 0.150. The molecule has 8 nitrogen and oxygen atoms in total. The first-order chi connectivity index (χ1) is 14.0. The Bertz CT molecular complexity index is 1050. The zero-order valence-corrected chi connectivity index (χ0v) is 16.3. The number of nitrogens with one attached hydrogen (secondary N) is 1. The van der Waals surface area contributed by atoms with E-state index in [1.165, 1.54) is 41.2 Å². The molecular formula is C20H17N3O5S. The van der Waals surface area contributed by atoms with E-state index in [-0.39, 0.29) is 17.1 Å². The van der Waals surface area contributed by atoms with Crippen LogP contribution in [0, 0.1) is 10.1 Å². The zero-order chi connectivity index (χ0) is 20.8. The summed E-state index contributed by atoms with van der Waals surface area (Å²) in [4.78, 5) is 38.5. The summed E-state index contributed by atoms with van der Waals surface area (Å²) >= 11 is 1.31. The summed E-state index contributed by atoms with van der Waals surface area (Å²) in [6.07, 6.45) is 0.939. The van der Waals surface area contributed by atoms with E-state index in [0.717, 1.165) is 12.0 Å². The Kier molecular flexibility index (Phi) is 6.30. The first-order valence-electron chi connectivity index (χ1n) is 8.72. The highest BCUT2D eigenvalue weighted by Crippen LogP contribution is 2.24. The van der Waals surface area contributed by atoms with E-state index in [0.29, 0.717) is 5.01 Å². The van der Waals surface area contributed by atoms with Crippen molar-refractivity contribution in [1.82, 2.24) is 4.98 Å². The number of aryl methyl sites for hydroxylation is 1. The Morgan fingerprint density at radius 2 is 1.97 bits per heavy atom. The first kappa shape index (κ1) is 20.2. The Balaban J connectivity index is 1.56. The molecule has 1 heterocycles. The van der Waals surface area contributed by atoms with Gasteiger partial charge in [0, 0.05) is 28.8 Å². The van der Waals surface area contributed by atoms with Gasteiger partial charge in [-0.3, -0.25) is 14.9 Å². The van der Waals surface area contributed by atoms with Gasteiger partial charge in [-0.2, -0.15) is 0 Å². The molecule has 0 bridgehead atoms. The van der Waals surface area contributed by atoms with E-state index in [1.54, 1.807) is 5.38 Å². The second-order valence-electron chi connectivity index (χ2n) is 6.02. The number of non-ortho nitro benzene ring substituents is 1. The molecule has 0 aliphatic rings. The quantitative estimate of drug-likeness (QED) is 0.356. The number of nitro benzene ring substituents is 1. The van der Waals surface area contributed by atoms with Gasteiger partial charge in [-0.1, -0.05) is 37.3 Å². The third kappa shape index (κ3) is 5.23. The third-order valence-electron chi connectivity index (χ3n) is 4.00. The Morgan fingerprint density at radius 3 is 2.66 bits per heavy atom. The summed E-state index contributed by atoms with van der Waals surface area (Å²) < 4.78 is 4.98. The fourth-order valence-electron chi connectivity index (χ4n) is 2.48. The molecule has 0 atom stereocenters. The minimum absolute atomic E-state index is 0.118. The molecule has 148 valence electrons. The van der Waals surface area contributed by atoms with E-state index >= 15 is 0 Å². The lowest BCUT2D eigenvalue weighted by Crippen LogP contribution is -2.21. The monoisotopic (exact) mass is 411 g/mol. The minimum atomic E-state index is -0.716. The molecular weight excluding hydrogens is 394 g/mol. The minimum Gasteiger partial charge on any atom is -0.451 e. The van der Waals surface area contributed by atoms with Crippen molar-refractivity contribution >= 4 is 34.6 Å². The Labute approximate surface area is 170 Å². The molecule has 3 aromatic rings. The van der Waals surface area contributed by atoms with Gasteiger partial charge in [-0.15, -0.1) is 11.3 Å². The van der Waals surface area contributed by atoms with E-state index in [4.69, 9.17) is 4.74 Å². The van der Waals surface area contributed by atoms with Crippen molar-refractivity contribution in [3.63, 3.8) is 0 Å². The van der Waals surface area contributed by atoms with Crippen LogP contribution in [0.15, 0.2) is 53.9 Å². The lowest BCUT2D eigenvalue weighted by atomic mass is 10.1. The maximum Gasteiger partial charge on any atom is 0.358 e. The van der Waals surface area contributed by atoms with Crippen molar-refractivity contribution in [3.8, 4) is 10.6 Å². The summed E-state index contributed by atoms with van der Waals surface area (Å²) in [6.45, 7) is 1.54. The van der Waals surface area contributed by atoms with Crippen molar-refractivity contribution < 1.29 is 19.2 Å². The van der Waals surface area contributed by atoms with E-state index in [1.807, 2.05) is 24.3 Å². The van der Waals surface area contributed by atoms with Crippen LogP contribution in [-0.2, 0) is 16.0 Å². The molecule has 3 rings (SSSR count). The van der Waals surface area contributed by atoms with Gasteiger partial charge in [0.05, 0.1) is 4.92 Å². The SMILES string of the molecule is CCc1ccc(-c2nc(C(=O)OCC(=O)Nc3cccc([N+](=O)[O-])c3)cs2)cc1. The second-order valence-corrected chi connectivity index (χ2v) is 6.88. The summed E-state index contributed by atoms with van der Waals surface area (Å²) in [7, 11) is 0. The molecule has 0 aliphatic carbocycles. The predicted molar refractivity (Wildman–Crippen MR) is 109 cm³/mol. The number of esters is 1. The number of thiazole rings is 1. The molecule has 1 aromatic heterocycles. The highest BCUT2D eigenvalue weighted by atomic mass is 32.1. The number of hydrogen-bond donors (Lipinski definition) is 1. The number of benzene rings is 2. The lowest BCUT2D eigenvalue weighted by Gasteiger charge is -2.05. The Hall–Kier alpha value is -3.59. The summed E-state index contributed by atoms with van der Waals surface area (Å²) in [5, 5.41) is 15.5. The zero-order valence-electron chi connectivity index (χ0n) is 15.5. The van der Waals surface area contributed by atoms with Gasteiger partial charge in [-0.25, -0.2) is 9.78 Å². The van der Waals surface area contributed by atoms with Crippen molar-refractivity contribution in [2.24, 2.45) is 0 Å². The number of carbonyl (C=O) groups excluding carboxylic acids is 2. The van der Waals surface area contributed by atoms with Gasteiger partial charge in [0.2, 0.25) is 0 Å². The van der Waals surface area contributed by atoms with Crippen molar-refractivity contribution in [3.05, 3.63) is 75.3 Å². The van der Waals surface area contributed by atoms with Gasteiger partial charge < -0.3 is 10.1 Å². The molecule has 0 radical (unpaired) electrons. The van der Waals surface area contributed by atoms with Crippen LogP contribution < -0.4 is 5.32 Å². The number of hydrogen-bond acceptors (Lipinski definition) is 7. The van der Waals surface area contributed by atoms with Gasteiger partial charge in [0.1, 0.15) is 5.01 Å². The van der Waals surface area contributed by atoms with Crippen LogP contribution in [0.5, 0.6) is 0 Å². The molecule has 0 fully saturated rings. The largest absolute Gasteiger partial charge is 0.451 e. The molecule has 29 heavy (non-hydrogen) atoms. The lowest BCUT2D eigenvalue weighted by molar-refractivity contribution is -0.384. The number of ether oxygens (including phenoxy) is 1. The predicted octanol–water partition coefficient (Wildman–Crippen LogP) is 4.08. The van der Waals surface area contributed by atoms with Crippen molar-refractivity contribution in [2.45, 2.75) is 13.3 Å². The maximum atomic E-state index is 12.1. The molecule has 0 unspecified atom stereocenters. The van der Waals surface area contributed by atoms with Crippen molar-refractivity contribution in [1.29, 1.82) is 0 Å². The molecule has 0 aliphatic heterocycles. The smallest absolute Gasteiger partial charge is 0.358 e. The average molecular weight is 411 g/mol.